The maximum atomic E-state index is 13.6. The number of nitrogens with one attached hydrogen (secondary N) is 2. The monoisotopic (exact) mass is 363 g/mol. The first kappa shape index (κ1) is 18.9. The smallest absolute Gasteiger partial charge is 0.426 e. The van der Waals surface area contributed by atoms with Crippen LogP contribution in [0.3, 0.4) is 0 Å². The molecule has 0 radical (unpaired) electrons. The number of halogens is 2. The van der Waals surface area contributed by atoms with Crippen molar-refractivity contribution in [3.05, 3.63) is 47.4 Å². The molecular weight excluding hydrogens is 348 g/mol. The van der Waals surface area contributed by atoms with Crippen molar-refractivity contribution >= 4 is 17.6 Å². The molecule has 136 valence electrons. The van der Waals surface area contributed by atoms with Gasteiger partial charge in [0.25, 0.3) is 0 Å². The first-order chi connectivity index (χ1) is 12.2. The quantitative estimate of drug-likeness (QED) is 0.631. The molecule has 1 heterocycles. The molecule has 1 aromatic heterocycles. The van der Waals surface area contributed by atoms with Gasteiger partial charge in [0.2, 0.25) is 5.69 Å². The molecule has 1 aromatic carbocycles. The zero-order chi connectivity index (χ0) is 19.3. The average molecular weight is 363 g/mol. The third kappa shape index (κ3) is 5.27. The van der Waals surface area contributed by atoms with Gasteiger partial charge in [0.05, 0.1) is 6.57 Å². The van der Waals surface area contributed by atoms with Gasteiger partial charge in [-0.05, 0) is 32.9 Å². The van der Waals surface area contributed by atoms with Gasteiger partial charge in [-0.25, -0.2) is 28.8 Å². The summed E-state index contributed by atoms with van der Waals surface area (Å²) < 4.78 is 36.7. The van der Waals surface area contributed by atoms with Crippen LogP contribution in [0.5, 0.6) is 11.8 Å². The van der Waals surface area contributed by atoms with Gasteiger partial charge >= 0.3 is 12.1 Å². The van der Waals surface area contributed by atoms with Crippen LogP contribution < -0.4 is 15.6 Å². The summed E-state index contributed by atoms with van der Waals surface area (Å²) in [6.45, 7) is 12.1. The fourth-order valence-corrected chi connectivity index (χ4v) is 1.65. The molecule has 0 spiro atoms. The second kappa shape index (κ2) is 7.60. The summed E-state index contributed by atoms with van der Waals surface area (Å²) in [5, 5.41) is 0. The Labute approximate surface area is 148 Å². The lowest BCUT2D eigenvalue weighted by Gasteiger charge is -2.20. The van der Waals surface area contributed by atoms with Crippen LogP contribution in [0.2, 0.25) is 0 Å². The predicted octanol–water partition coefficient (Wildman–Crippen LogP) is 3.95. The number of amides is 1. The van der Waals surface area contributed by atoms with Crippen molar-refractivity contribution in [2.45, 2.75) is 26.4 Å². The van der Waals surface area contributed by atoms with E-state index in [1.54, 1.807) is 20.8 Å². The van der Waals surface area contributed by atoms with E-state index in [0.717, 1.165) is 18.3 Å². The number of ether oxygens (including phenoxy) is 2. The average Bonchev–Trinajstić information content (AvgIpc) is 2.54. The molecule has 26 heavy (non-hydrogen) atoms. The summed E-state index contributed by atoms with van der Waals surface area (Å²) in [6.07, 6.45) is 0.328. The molecule has 0 saturated carbocycles. The highest BCUT2D eigenvalue weighted by atomic mass is 19.1. The van der Waals surface area contributed by atoms with Crippen LogP contribution in [-0.2, 0) is 4.74 Å². The fraction of sp³-hybridized carbons (Fsp3) is 0.250. The maximum Gasteiger partial charge on any atom is 0.426 e. The molecule has 0 aliphatic rings. The first-order valence-electron chi connectivity index (χ1n) is 7.30. The van der Waals surface area contributed by atoms with E-state index in [9.17, 15) is 13.6 Å². The minimum absolute atomic E-state index is 0.0204. The molecule has 8 nitrogen and oxygen atoms in total. The SMILES string of the molecule is [C-]#[N+]c1cnc(Oc2ccc(F)cc2F)nc1NNC(=O)OC(C)(C)C. The third-order valence-corrected chi connectivity index (χ3v) is 2.64. The van der Waals surface area contributed by atoms with Crippen molar-refractivity contribution in [1.29, 1.82) is 0 Å². The Morgan fingerprint density at radius 2 is 2.04 bits per heavy atom. The van der Waals surface area contributed by atoms with Crippen LogP contribution in [0.1, 0.15) is 20.8 Å². The van der Waals surface area contributed by atoms with E-state index in [4.69, 9.17) is 16.0 Å². The van der Waals surface area contributed by atoms with Crippen molar-refractivity contribution in [2.24, 2.45) is 0 Å². The molecule has 2 rings (SSSR count). The number of carbonyl (C=O) groups is 1. The van der Waals surface area contributed by atoms with Gasteiger partial charge in [-0.15, -0.1) is 0 Å². The van der Waals surface area contributed by atoms with Crippen molar-refractivity contribution in [3.8, 4) is 11.8 Å². The Hall–Kier alpha value is -3.48. The van der Waals surface area contributed by atoms with E-state index in [1.807, 2.05) is 0 Å². The zero-order valence-electron chi connectivity index (χ0n) is 14.1. The molecule has 0 saturated heterocycles. The molecule has 2 aromatic rings. The number of aromatic nitrogens is 2. The van der Waals surface area contributed by atoms with E-state index < -0.39 is 23.3 Å². The van der Waals surface area contributed by atoms with Crippen LogP contribution in [0, 0.1) is 18.2 Å². The van der Waals surface area contributed by atoms with E-state index in [0.29, 0.717) is 6.07 Å². The van der Waals surface area contributed by atoms with Gasteiger partial charge in [0.1, 0.15) is 11.4 Å². The summed E-state index contributed by atoms with van der Waals surface area (Å²) in [5.74, 6) is -2.08. The standard InChI is InChI=1S/C16H15F2N5O3/c1-16(2,3)26-15(24)23-22-13-11(19-4)8-20-14(21-13)25-12-6-5-9(17)7-10(12)18/h5-8H,1-3H3,(H,23,24)(H,20,21,22). The summed E-state index contributed by atoms with van der Waals surface area (Å²) in [5.41, 5.74) is 3.90. The first-order valence-corrected chi connectivity index (χ1v) is 7.30. The molecule has 0 unspecified atom stereocenters. The molecular formula is C16H15F2N5O3. The molecule has 10 heteroatoms. The second-order valence-corrected chi connectivity index (χ2v) is 5.93. The van der Waals surface area contributed by atoms with Crippen LogP contribution in [-0.4, -0.2) is 21.7 Å². The number of anilines is 1. The van der Waals surface area contributed by atoms with Crippen LogP contribution in [0.15, 0.2) is 24.4 Å². The topological polar surface area (TPSA) is 89.7 Å². The minimum atomic E-state index is -0.941. The predicted molar refractivity (Wildman–Crippen MR) is 87.7 cm³/mol. The highest BCUT2D eigenvalue weighted by Gasteiger charge is 2.17. The van der Waals surface area contributed by atoms with Gasteiger partial charge in [-0.1, -0.05) is 0 Å². The molecule has 2 N–H and O–H groups in total. The van der Waals surface area contributed by atoms with E-state index in [2.05, 4.69) is 25.7 Å². The van der Waals surface area contributed by atoms with Gasteiger partial charge in [-0.2, -0.15) is 4.98 Å². The van der Waals surface area contributed by atoms with Crippen molar-refractivity contribution in [1.82, 2.24) is 15.4 Å². The lowest BCUT2D eigenvalue weighted by Crippen LogP contribution is -2.36. The molecule has 0 fully saturated rings. The van der Waals surface area contributed by atoms with Crippen molar-refractivity contribution < 1.29 is 23.0 Å². The summed E-state index contributed by atoms with van der Waals surface area (Å²) >= 11 is 0. The Kier molecular flexibility index (Phi) is 5.51. The number of rotatable bonds is 4. The largest absolute Gasteiger partial charge is 0.443 e. The third-order valence-electron chi connectivity index (χ3n) is 2.64. The number of hydrazine groups is 1. The Balaban J connectivity index is 2.15. The second-order valence-electron chi connectivity index (χ2n) is 5.93. The van der Waals surface area contributed by atoms with E-state index in [-0.39, 0.29) is 23.3 Å². The van der Waals surface area contributed by atoms with Crippen molar-refractivity contribution in [2.75, 3.05) is 5.43 Å². The van der Waals surface area contributed by atoms with E-state index in [1.165, 1.54) is 0 Å². The number of hydrogen-bond acceptors (Lipinski definition) is 6. The normalized spacial score (nSPS) is 10.6. The highest BCUT2D eigenvalue weighted by molar-refractivity contribution is 5.72. The summed E-state index contributed by atoms with van der Waals surface area (Å²) in [7, 11) is 0. The fourth-order valence-electron chi connectivity index (χ4n) is 1.65. The summed E-state index contributed by atoms with van der Waals surface area (Å²) in [4.78, 5) is 22.5. The number of nitrogens with zero attached hydrogens (tertiary/aromatic N) is 3. The minimum Gasteiger partial charge on any atom is -0.443 e. The van der Waals surface area contributed by atoms with Gasteiger partial charge in [0, 0.05) is 12.3 Å². The Morgan fingerprint density at radius 1 is 1.31 bits per heavy atom. The van der Waals surface area contributed by atoms with E-state index >= 15 is 0 Å². The number of carbonyl (C=O) groups excluding carboxylic acids is 1. The zero-order valence-corrected chi connectivity index (χ0v) is 14.1. The van der Waals surface area contributed by atoms with Gasteiger partial charge < -0.3 is 9.47 Å². The lowest BCUT2D eigenvalue weighted by atomic mass is 10.2. The molecule has 0 atom stereocenters. The van der Waals surface area contributed by atoms with Crippen LogP contribution >= 0.6 is 0 Å². The number of benzene rings is 1. The lowest BCUT2D eigenvalue weighted by molar-refractivity contribution is 0.0541. The van der Waals surface area contributed by atoms with Crippen molar-refractivity contribution in [3.63, 3.8) is 0 Å². The molecule has 1 amide bonds. The van der Waals surface area contributed by atoms with Crippen LogP contribution in [0.25, 0.3) is 4.85 Å². The number of hydrogen-bond donors (Lipinski definition) is 2. The maximum absolute atomic E-state index is 13.6. The van der Waals surface area contributed by atoms with Crippen LogP contribution in [0.4, 0.5) is 25.1 Å². The molecule has 0 bridgehead atoms. The van der Waals surface area contributed by atoms with Gasteiger partial charge in [0.15, 0.2) is 17.4 Å². The highest BCUT2D eigenvalue weighted by Crippen LogP contribution is 2.27. The Morgan fingerprint density at radius 3 is 2.65 bits per heavy atom. The molecule has 0 aliphatic carbocycles. The summed E-state index contributed by atoms with van der Waals surface area (Å²) in [6, 6.07) is 2.42. The Bertz CT molecular complexity index is 862. The molecule has 0 aliphatic heterocycles. The van der Waals surface area contributed by atoms with Gasteiger partial charge in [-0.3, -0.25) is 5.43 Å².